The van der Waals surface area contributed by atoms with Crippen LogP contribution in [0.25, 0.3) is 11.3 Å². The van der Waals surface area contributed by atoms with Crippen LogP contribution in [0.15, 0.2) is 77.9 Å². The summed E-state index contributed by atoms with van der Waals surface area (Å²) in [5.74, 6) is -1.30. The molecule has 12 heteroatoms. The van der Waals surface area contributed by atoms with Crippen molar-refractivity contribution in [2.75, 3.05) is 18.4 Å². The quantitative estimate of drug-likeness (QED) is 0.181. The van der Waals surface area contributed by atoms with Gasteiger partial charge in [-0.3, -0.25) is 25.3 Å². The Balaban J connectivity index is 0.00000384. The minimum absolute atomic E-state index is 0. The number of amides is 2. The number of halogens is 2. The number of anilines is 2. The monoisotopic (exact) mass is 612 g/mol. The Hall–Kier alpha value is -5.16. The van der Waals surface area contributed by atoms with Gasteiger partial charge in [0.15, 0.2) is 5.96 Å². The van der Waals surface area contributed by atoms with Gasteiger partial charge in [-0.15, -0.1) is 0 Å². The number of hydrogen-bond donors (Lipinski definition) is 4. The van der Waals surface area contributed by atoms with E-state index in [1.165, 1.54) is 6.07 Å². The molecule has 1 aromatic heterocycles. The number of nitrogens with zero attached hydrogens (tertiary/aromatic N) is 4. The molecular formula is C32H30ClFN8O2. The van der Waals surface area contributed by atoms with E-state index in [-0.39, 0.29) is 31.7 Å². The third kappa shape index (κ3) is 6.13. The highest BCUT2D eigenvalue weighted by Gasteiger charge is 2.29. The SMILES string of the molecule is C.N=C(NC(=O)c1ccc(Nc2ncc3c(n2)-c2ccc(Cl)cc2C(c2ccccc2F)=NC3)cc1)N1CCC(C(N)=O)C1. The van der Waals surface area contributed by atoms with E-state index in [1.807, 2.05) is 6.07 Å². The fraction of sp³-hybridized carbons (Fsp3) is 0.188. The van der Waals surface area contributed by atoms with E-state index in [2.05, 4.69) is 15.6 Å². The number of likely N-dealkylation sites (tertiary alicyclic amines) is 1. The second-order valence-electron chi connectivity index (χ2n) is 10.2. The van der Waals surface area contributed by atoms with E-state index in [4.69, 9.17) is 32.7 Å². The fourth-order valence-corrected chi connectivity index (χ4v) is 5.33. The van der Waals surface area contributed by atoms with Gasteiger partial charge in [-0.1, -0.05) is 37.2 Å². The van der Waals surface area contributed by atoms with Crippen LogP contribution in [0.1, 0.15) is 40.9 Å². The van der Waals surface area contributed by atoms with Gasteiger partial charge in [0.25, 0.3) is 5.91 Å². The number of primary amides is 1. The molecule has 1 fully saturated rings. The number of benzene rings is 3. The summed E-state index contributed by atoms with van der Waals surface area (Å²) >= 11 is 6.35. The summed E-state index contributed by atoms with van der Waals surface area (Å²) in [6, 6.07) is 18.5. The minimum Gasteiger partial charge on any atom is -0.369 e. The second-order valence-corrected chi connectivity index (χ2v) is 10.7. The Morgan fingerprint density at radius 2 is 1.82 bits per heavy atom. The van der Waals surface area contributed by atoms with Crippen LogP contribution in [0.3, 0.4) is 0 Å². The molecule has 0 radical (unpaired) electrons. The molecule has 0 bridgehead atoms. The van der Waals surface area contributed by atoms with Crippen LogP contribution < -0.4 is 16.4 Å². The zero-order chi connectivity index (χ0) is 30.1. The number of rotatable bonds is 5. The van der Waals surface area contributed by atoms with Crippen LogP contribution in [-0.2, 0) is 11.3 Å². The van der Waals surface area contributed by atoms with E-state index in [9.17, 15) is 14.0 Å². The van der Waals surface area contributed by atoms with Gasteiger partial charge in [-0.2, -0.15) is 0 Å². The average Bonchev–Trinajstić information content (AvgIpc) is 3.45. The smallest absolute Gasteiger partial charge is 0.257 e. The van der Waals surface area contributed by atoms with Gasteiger partial charge >= 0.3 is 0 Å². The van der Waals surface area contributed by atoms with Gasteiger partial charge in [0.05, 0.1) is 23.9 Å². The molecule has 2 aliphatic heterocycles. The molecule has 1 saturated heterocycles. The normalized spacial score (nSPS) is 15.2. The van der Waals surface area contributed by atoms with E-state index in [1.54, 1.807) is 65.7 Å². The summed E-state index contributed by atoms with van der Waals surface area (Å²) in [6.45, 7) is 1.04. The molecule has 0 aliphatic carbocycles. The zero-order valence-corrected chi connectivity index (χ0v) is 23.5. The molecular weight excluding hydrogens is 583 g/mol. The lowest BCUT2D eigenvalue weighted by Gasteiger charge is -2.19. The van der Waals surface area contributed by atoms with Gasteiger partial charge in [-0.05, 0) is 55.0 Å². The van der Waals surface area contributed by atoms with Crippen molar-refractivity contribution in [3.63, 3.8) is 0 Å². The van der Waals surface area contributed by atoms with Crippen molar-refractivity contribution in [3.05, 3.63) is 106 Å². The van der Waals surface area contributed by atoms with Gasteiger partial charge in [-0.25, -0.2) is 14.4 Å². The Labute approximate surface area is 258 Å². The Morgan fingerprint density at radius 1 is 1.05 bits per heavy atom. The molecule has 1 unspecified atom stereocenters. The molecule has 2 aliphatic rings. The molecule has 0 saturated carbocycles. The van der Waals surface area contributed by atoms with Crippen molar-refractivity contribution < 1.29 is 14.0 Å². The maximum atomic E-state index is 14.8. The van der Waals surface area contributed by atoms with Gasteiger partial charge in [0.1, 0.15) is 5.82 Å². The number of aromatic nitrogens is 2. The highest BCUT2D eigenvalue weighted by molar-refractivity contribution is 6.31. The first-order valence-corrected chi connectivity index (χ1v) is 13.9. The molecule has 3 heterocycles. The first kappa shape index (κ1) is 30.3. The standard InChI is InChI=1S/C31H26ClFN8O2.CH4/c32-20-7-10-22-24(13-20)27(23-3-1-2-4-25(23)33)36-14-19-15-37-31(39-26(19)22)38-21-8-5-17(6-9-21)29(43)40-30(35)41-12-11-18(16-41)28(34)42;/h1-10,13,15,18H,11-12,14,16H2,(H2,34,42)(H2,35,40,43)(H,37,38,39);1H4. The number of aliphatic imine (C=N–C) groups is 1. The van der Waals surface area contributed by atoms with E-state index in [0.717, 1.165) is 11.1 Å². The van der Waals surface area contributed by atoms with Crippen molar-refractivity contribution in [2.45, 2.75) is 20.4 Å². The zero-order valence-electron chi connectivity index (χ0n) is 22.8. The van der Waals surface area contributed by atoms with Crippen LogP contribution in [0.4, 0.5) is 16.0 Å². The molecule has 3 aromatic carbocycles. The largest absolute Gasteiger partial charge is 0.369 e. The first-order valence-electron chi connectivity index (χ1n) is 13.5. The van der Waals surface area contributed by atoms with Crippen molar-refractivity contribution in [1.82, 2.24) is 20.2 Å². The second kappa shape index (κ2) is 12.6. The Kier molecular flexibility index (Phi) is 8.68. The van der Waals surface area contributed by atoms with Gasteiger partial charge in [0, 0.05) is 57.8 Å². The molecule has 2 amide bonds. The van der Waals surface area contributed by atoms with Crippen LogP contribution in [0.5, 0.6) is 0 Å². The highest BCUT2D eigenvalue weighted by Crippen LogP contribution is 2.34. The summed E-state index contributed by atoms with van der Waals surface area (Å²) in [4.78, 5) is 39.7. The van der Waals surface area contributed by atoms with Crippen LogP contribution in [0, 0.1) is 17.1 Å². The summed E-state index contributed by atoms with van der Waals surface area (Å²) in [7, 11) is 0. The summed E-state index contributed by atoms with van der Waals surface area (Å²) < 4.78 is 14.8. The van der Waals surface area contributed by atoms with Crippen LogP contribution in [0.2, 0.25) is 5.02 Å². The van der Waals surface area contributed by atoms with E-state index in [0.29, 0.717) is 64.3 Å². The summed E-state index contributed by atoms with van der Waals surface area (Å²) in [5, 5.41) is 14.4. The molecule has 10 nitrogen and oxygen atoms in total. The number of nitrogens with two attached hydrogens (primary N) is 1. The number of guanidine groups is 1. The first-order chi connectivity index (χ1) is 20.8. The maximum absolute atomic E-state index is 14.8. The van der Waals surface area contributed by atoms with Gasteiger partial charge < -0.3 is 16.0 Å². The third-order valence-corrected chi connectivity index (χ3v) is 7.67. The maximum Gasteiger partial charge on any atom is 0.257 e. The summed E-state index contributed by atoms with van der Waals surface area (Å²) in [5.41, 5.74) is 10.1. The molecule has 5 N–H and O–H groups in total. The number of hydrogen-bond acceptors (Lipinski definition) is 7. The molecule has 4 aromatic rings. The molecule has 1 atom stereocenters. The Bertz CT molecular complexity index is 1790. The fourth-order valence-electron chi connectivity index (χ4n) is 5.16. The number of fused-ring (bicyclic) bond motifs is 3. The topological polar surface area (TPSA) is 149 Å². The van der Waals surface area contributed by atoms with Crippen LogP contribution >= 0.6 is 11.6 Å². The van der Waals surface area contributed by atoms with Crippen molar-refractivity contribution in [1.29, 1.82) is 5.41 Å². The highest BCUT2D eigenvalue weighted by atomic mass is 35.5. The molecule has 0 spiro atoms. The van der Waals surface area contributed by atoms with Crippen molar-refractivity contribution >= 4 is 46.7 Å². The molecule has 6 rings (SSSR count). The van der Waals surface area contributed by atoms with Crippen molar-refractivity contribution in [2.24, 2.45) is 16.6 Å². The minimum atomic E-state index is -0.443. The van der Waals surface area contributed by atoms with Crippen molar-refractivity contribution in [3.8, 4) is 11.3 Å². The van der Waals surface area contributed by atoms with Gasteiger partial charge in [0.2, 0.25) is 11.9 Å². The molecule has 224 valence electrons. The lowest BCUT2D eigenvalue weighted by atomic mass is 9.95. The predicted octanol–water partition coefficient (Wildman–Crippen LogP) is 5.14. The lowest BCUT2D eigenvalue weighted by Crippen LogP contribution is -2.42. The Morgan fingerprint density at radius 3 is 2.55 bits per heavy atom. The third-order valence-electron chi connectivity index (χ3n) is 7.43. The number of nitrogens with one attached hydrogen (secondary N) is 3. The summed E-state index contributed by atoms with van der Waals surface area (Å²) in [6.07, 6.45) is 2.24. The van der Waals surface area contributed by atoms with E-state index < -0.39 is 11.8 Å². The lowest BCUT2D eigenvalue weighted by molar-refractivity contribution is -0.121. The number of carbonyl (C=O) groups excluding carboxylic acids is 2. The predicted molar refractivity (Wildman–Crippen MR) is 169 cm³/mol. The average molecular weight is 613 g/mol. The van der Waals surface area contributed by atoms with E-state index >= 15 is 0 Å². The molecule has 44 heavy (non-hydrogen) atoms. The number of carbonyl (C=O) groups is 2. The van der Waals surface area contributed by atoms with Crippen LogP contribution in [-0.4, -0.2) is 51.4 Å².